The van der Waals surface area contributed by atoms with Crippen LogP contribution >= 0.6 is 0 Å². The van der Waals surface area contributed by atoms with Gasteiger partial charge in [0.15, 0.2) is 0 Å². The summed E-state index contributed by atoms with van der Waals surface area (Å²) in [5.74, 6) is 0.623. The number of aromatic amines is 1. The number of nitrogens with zero attached hydrogens (tertiary/aromatic N) is 2. The number of aryl methyl sites for hydroxylation is 1. The van der Waals surface area contributed by atoms with Gasteiger partial charge < -0.3 is 15.4 Å². The van der Waals surface area contributed by atoms with E-state index >= 15 is 0 Å². The fraction of sp³-hybridized carbons (Fsp3) is 0.471. The first-order chi connectivity index (χ1) is 11.7. The van der Waals surface area contributed by atoms with Gasteiger partial charge in [-0.05, 0) is 37.8 Å². The number of carbonyl (C=O) groups excluding carboxylic acids is 1. The van der Waals surface area contributed by atoms with Crippen LogP contribution in [-0.2, 0) is 19.3 Å². The third-order valence-corrected chi connectivity index (χ3v) is 4.09. The van der Waals surface area contributed by atoms with Gasteiger partial charge in [-0.3, -0.25) is 5.10 Å². The van der Waals surface area contributed by atoms with Gasteiger partial charge in [-0.2, -0.15) is 5.10 Å². The van der Waals surface area contributed by atoms with Gasteiger partial charge in [0, 0.05) is 36.5 Å². The summed E-state index contributed by atoms with van der Waals surface area (Å²) in [6.07, 6.45) is 5.20. The van der Waals surface area contributed by atoms with Crippen molar-refractivity contribution >= 4 is 6.03 Å². The smallest absolute Gasteiger partial charge is 0.315 e. The topological polar surface area (TPSA) is 91.9 Å². The molecule has 0 unspecified atom stereocenters. The molecule has 2 amide bonds. The average molecular weight is 329 g/mol. The summed E-state index contributed by atoms with van der Waals surface area (Å²) >= 11 is 0. The largest absolute Gasteiger partial charge is 0.478 e. The Hall–Kier alpha value is -2.57. The first-order valence-corrected chi connectivity index (χ1v) is 8.39. The van der Waals surface area contributed by atoms with Crippen LogP contribution in [0.1, 0.15) is 30.3 Å². The van der Waals surface area contributed by atoms with Crippen molar-refractivity contribution in [3.63, 3.8) is 0 Å². The molecular formula is C17H23N5O2. The Kier molecular flexibility index (Phi) is 5.30. The number of ether oxygens (including phenoxy) is 1. The average Bonchev–Trinajstić information content (AvgIpc) is 3.03. The minimum absolute atomic E-state index is 0.132. The molecule has 1 aliphatic carbocycles. The summed E-state index contributed by atoms with van der Waals surface area (Å²) in [6.45, 7) is 3.06. The highest BCUT2D eigenvalue weighted by Crippen LogP contribution is 2.18. The standard InChI is InChI=1S/C17H23N5O2/c1-2-24-16-5-3-4-13(20-16)8-9-18-17(23)21-14-6-7-15-12(10-14)11-19-22-15/h3-5,11,14H,2,6-10H2,1H3,(H,19,22)(H2,18,21,23)/t14-/m1/s1. The minimum Gasteiger partial charge on any atom is -0.478 e. The molecule has 24 heavy (non-hydrogen) atoms. The second-order valence-electron chi connectivity index (χ2n) is 5.86. The quantitative estimate of drug-likeness (QED) is 0.751. The SMILES string of the molecule is CCOc1cccc(CCNC(=O)N[C@@H]2CCc3[nH]ncc3C2)n1. The first kappa shape index (κ1) is 16.3. The van der Waals surface area contributed by atoms with Gasteiger partial charge in [0.2, 0.25) is 5.88 Å². The Bertz CT molecular complexity index is 685. The summed E-state index contributed by atoms with van der Waals surface area (Å²) < 4.78 is 5.38. The van der Waals surface area contributed by atoms with E-state index in [4.69, 9.17) is 4.74 Å². The molecule has 0 radical (unpaired) electrons. The fourth-order valence-electron chi connectivity index (χ4n) is 2.91. The van der Waals surface area contributed by atoms with Crippen LogP contribution in [0.4, 0.5) is 4.79 Å². The summed E-state index contributed by atoms with van der Waals surface area (Å²) in [5.41, 5.74) is 3.29. The number of carbonyl (C=O) groups is 1. The van der Waals surface area contributed by atoms with E-state index in [1.54, 1.807) is 0 Å². The normalized spacial score (nSPS) is 16.3. The lowest BCUT2D eigenvalue weighted by Gasteiger charge is -2.22. The van der Waals surface area contributed by atoms with Crippen molar-refractivity contribution in [3.8, 4) is 5.88 Å². The fourth-order valence-corrected chi connectivity index (χ4v) is 2.91. The van der Waals surface area contributed by atoms with E-state index in [0.29, 0.717) is 25.5 Å². The van der Waals surface area contributed by atoms with Crippen LogP contribution in [0.25, 0.3) is 0 Å². The van der Waals surface area contributed by atoms with Gasteiger partial charge in [-0.15, -0.1) is 0 Å². The molecule has 0 aliphatic heterocycles. The Balaban J connectivity index is 1.41. The maximum atomic E-state index is 12.0. The molecule has 7 nitrogen and oxygen atoms in total. The van der Waals surface area contributed by atoms with E-state index in [2.05, 4.69) is 25.8 Å². The first-order valence-electron chi connectivity index (χ1n) is 8.39. The van der Waals surface area contributed by atoms with E-state index in [1.165, 1.54) is 11.3 Å². The molecule has 128 valence electrons. The summed E-state index contributed by atoms with van der Waals surface area (Å²) in [6, 6.07) is 5.71. The predicted molar refractivity (Wildman–Crippen MR) is 90.0 cm³/mol. The van der Waals surface area contributed by atoms with E-state index < -0.39 is 0 Å². The van der Waals surface area contributed by atoms with E-state index in [1.807, 2.05) is 31.3 Å². The Labute approximate surface area is 141 Å². The van der Waals surface area contributed by atoms with Crippen molar-refractivity contribution in [1.29, 1.82) is 0 Å². The third-order valence-electron chi connectivity index (χ3n) is 4.09. The molecule has 2 aromatic heterocycles. The minimum atomic E-state index is -0.132. The van der Waals surface area contributed by atoms with E-state index in [-0.39, 0.29) is 12.1 Å². The lowest BCUT2D eigenvalue weighted by molar-refractivity contribution is 0.235. The van der Waals surface area contributed by atoms with E-state index in [0.717, 1.165) is 25.0 Å². The van der Waals surface area contributed by atoms with Crippen molar-refractivity contribution in [2.45, 2.75) is 38.6 Å². The molecule has 0 spiro atoms. The van der Waals surface area contributed by atoms with Crippen LogP contribution < -0.4 is 15.4 Å². The molecule has 0 bridgehead atoms. The number of hydrogen-bond donors (Lipinski definition) is 3. The van der Waals surface area contributed by atoms with Crippen LogP contribution in [0.5, 0.6) is 5.88 Å². The maximum absolute atomic E-state index is 12.0. The molecule has 1 atom stereocenters. The lowest BCUT2D eigenvalue weighted by Crippen LogP contribution is -2.45. The molecule has 0 aromatic carbocycles. The highest BCUT2D eigenvalue weighted by molar-refractivity contribution is 5.74. The number of fused-ring (bicyclic) bond motifs is 1. The monoisotopic (exact) mass is 329 g/mol. The summed E-state index contributed by atoms with van der Waals surface area (Å²) in [5, 5.41) is 13.0. The van der Waals surface area contributed by atoms with Crippen molar-refractivity contribution in [2.24, 2.45) is 0 Å². The number of H-pyrrole nitrogens is 1. The number of nitrogens with one attached hydrogen (secondary N) is 3. The van der Waals surface area contributed by atoms with Crippen molar-refractivity contribution in [2.75, 3.05) is 13.2 Å². The Morgan fingerprint density at radius 3 is 3.25 bits per heavy atom. The second-order valence-corrected chi connectivity index (χ2v) is 5.86. The predicted octanol–water partition coefficient (Wildman–Crippen LogP) is 1.60. The van der Waals surface area contributed by atoms with Crippen molar-refractivity contribution in [1.82, 2.24) is 25.8 Å². The Morgan fingerprint density at radius 2 is 2.38 bits per heavy atom. The van der Waals surface area contributed by atoms with Crippen molar-refractivity contribution < 1.29 is 9.53 Å². The van der Waals surface area contributed by atoms with Crippen LogP contribution in [0.3, 0.4) is 0 Å². The van der Waals surface area contributed by atoms with Gasteiger partial charge in [-0.25, -0.2) is 9.78 Å². The van der Waals surface area contributed by atoms with Crippen LogP contribution in [-0.4, -0.2) is 40.4 Å². The third kappa shape index (κ3) is 4.24. The molecule has 7 heteroatoms. The zero-order valence-electron chi connectivity index (χ0n) is 13.8. The molecule has 0 fully saturated rings. The van der Waals surface area contributed by atoms with Crippen molar-refractivity contribution in [3.05, 3.63) is 41.3 Å². The number of amides is 2. The molecule has 2 aromatic rings. The zero-order valence-corrected chi connectivity index (χ0v) is 13.8. The van der Waals surface area contributed by atoms with Crippen LogP contribution in [0.15, 0.2) is 24.4 Å². The molecule has 3 N–H and O–H groups in total. The number of rotatable bonds is 6. The van der Waals surface area contributed by atoms with Gasteiger partial charge >= 0.3 is 6.03 Å². The molecule has 0 saturated heterocycles. The zero-order chi connectivity index (χ0) is 16.8. The highest BCUT2D eigenvalue weighted by atomic mass is 16.5. The molecule has 1 aliphatic rings. The number of urea groups is 1. The second kappa shape index (κ2) is 7.81. The molecule has 3 rings (SSSR count). The number of aromatic nitrogens is 3. The van der Waals surface area contributed by atoms with Gasteiger partial charge in [-0.1, -0.05) is 6.07 Å². The number of hydrogen-bond acceptors (Lipinski definition) is 4. The van der Waals surface area contributed by atoms with Gasteiger partial charge in [0.1, 0.15) is 0 Å². The molecule has 2 heterocycles. The summed E-state index contributed by atoms with van der Waals surface area (Å²) in [7, 11) is 0. The number of pyridine rings is 1. The van der Waals surface area contributed by atoms with Gasteiger partial charge in [0.25, 0.3) is 0 Å². The molecule has 0 saturated carbocycles. The lowest BCUT2D eigenvalue weighted by atomic mass is 9.94. The van der Waals surface area contributed by atoms with Crippen LogP contribution in [0.2, 0.25) is 0 Å². The van der Waals surface area contributed by atoms with E-state index in [9.17, 15) is 4.79 Å². The summed E-state index contributed by atoms with van der Waals surface area (Å²) in [4.78, 5) is 16.4. The maximum Gasteiger partial charge on any atom is 0.315 e. The van der Waals surface area contributed by atoms with Gasteiger partial charge in [0.05, 0.1) is 12.8 Å². The van der Waals surface area contributed by atoms with Crippen LogP contribution in [0, 0.1) is 0 Å². The molecular weight excluding hydrogens is 306 g/mol. The Morgan fingerprint density at radius 1 is 1.46 bits per heavy atom. The highest BCUT2D eigenvalue weighted by Gasteiger charge is 2.21.